The highest BCUT2D eigenvalue weighted by Gasteiger charge is 2.04. The first-order chi connectivity index (χ1) is 7.09. The molecule has 1 amide bonds. The van der Waals surface area contributed by atoms with E-state index in [0.29, 0.717) is 12.6 Å². The minimum atomic E-state index is -0.0319. The average molecular weight is 271 g/mol. The van der Waals surface area contributed by atoms with Crippen LogP contribution in [0.1, 0.15) is 13.8 Å². The molecule has 1 rings (SSSR count). The molecule has 1 aromatic carbocycles. The fourth-order valence-electron chi connectivity index (χ4n) is 1.05. The Labute approximate surface area is 98.4 Å². The first-order valence-corrected chi connectivity index (χ1v) is 5.66. The topological polar surface area (TPSA) is 41.1 Å². The van der Waals surface area contributed by atoms with Crippen LogP contribution in [0.3, 0.4) is 0 Å². The lowest BCUT2D eigenvalue weighted by atomic mass is 10.3. The normalized spacial score (nSPS) is 10.4. The van der Waals surface area contributed by atoms with Gasteiger partial charge in [0.05, 0.1) is 12.2 Å². The van der Waals surface area contributed by atoms with Crippen LogP contribution in [0.25, 0.3) is 0 Å². The number of hydrogen-bond acceptors (Lipinski definition) is 2. The molecule has 82 valence electrons. The number of halogens is 1. The summed E-state index contributed by atoms with van der Waals surface area (Å²) in [5.41, 5.74) is 0.799. The lowest BCUT2D eigenvalue weighted by Gasteiger charge is -2.09. The van der Waals surface area contributed by atoms with Crippen LogP contribution in [-0.4, -0.2) is 18.5 Å². The highest BCUT2D eigenvalue weighted by molar-refractivity contribution is 9.10. The Morgan fingerprint density at radius 2 is 2.07 bits per heavy atom. The van der Waals surface area contributed by atoms with Crippen LogP contribution in [0.5, 0.6) is 0 Å². The molecule has 3 nitrogen and oxygen atoms in total. The first kappa shape index (κ1) is 12.2. The van der Waals surface area contributed by atoms with Crippen molar-refractivity contribution in [2.24, 2.45) is 0 Å². The van der Waals surface area contributed by atoms with E-state index in [2.05, 4.69) is 26.6 Å². The predicted octanol–water partition coefficient (Wildman–Crippen LogP) is 2.39. The van der Waals surface area contributed by atoms with Crippen LogP contribution >= 0.6 is 15.9 Å². The van der Waals surface area contributed by atoms with Gasteiger partial charge in [0.25, 0.3) is 0 Å². The maximum atomic E-state index is 11.5. The van der Waals surface area contributed by atoms with Gasteiger partial charge in [0.15, 0.2) is 0 Å². The van der Waals surface area contributed by atoms with Gasteiger partial charge in [0.2, 0.25) is 5.91 Å². The van der Waals surface area contributed by atoms with Crippen LogP contribution in [0.15, 0.2) is 28.7 Å². The molecule has 0 unspecified atom stereocenters. The van der Waals surface area contributed by atoms with Crippen LogP contribution < -0.4 is 10.6 Å². The summed E-state index contributed by atoms with van der Waals surface area (Å²) in [5.74, 6) is -0.0319. The minimum absolute atomic E-state index is 0.0319. The SMILES string of the molecule is CC(C)NCC(=O)Nc1ccccc1Br. The third-order valence-corrected chi connectivity index (χ3v) is 2.51. The maximum Gasteiger partial charge on any atom is 0.238 e. The zero-order valence-electron chi connectivity index (χ0n) is 8.88. The van der Waals surface area contributed by atoms with Crippen molar-refractivity contribution in [2.75, 3.05) is 11.9 Å². The second-order valence-electron chi connectivity index (χ2n) is 3.56. The highest BCUT2D eigenvalue weighted by Crippen LogP contribution is 2.20. The number of anilines is 1. The van der Waals surface area contributed by atoms with Crippen molar-refractivity contribution >= 4 is 27.5 Å². The fourth-order valence-corrected chi connectivity index (χ4v) is 1.44. The predicted molar refractivity (Wildman–Crippen MR) is 65.9 cm³/mol. The molecule has 2 N–H and O–H groups in total. The van der Waals surface area contributed by atoms with Gasteiger partial charge in [-0.05, 0) is 28.1 Å². The number of carbonyl (C=O) groups excluding carboxylic acids is 1. The monoisotopic (exact) mass is 270 g/mol. The molecule has 0 fully saturated rings. The van der Waals surface area contributed by atoms with E-state index < -0.39 is 0 Å². The number of nitrogens with one attached hydrogen (secondary N) is 2. The molecule has 0 saturated carbocycles. The van der Waals surface area contributed by atoms with Crippen molar-refractivity contribution in [3.05, 3.63) is 28.7 Å². The number of hydrogen-bond donors (Lipinski definition) is 2. The van der Waals surface area contributed by atoms with Gasteiger partial charge in [0, 0.05) is 10.5 Å². The van der Waals surface area contributed by atoms with Crippen molar-refractivity contribution in [2.45, 2.75) is 19.9 Å². The Kier molecular flexibility index (Phi) is 4.78. The zero-order valence-corrected chi connectivity index (χ0v) is 10.5. The summed E-state index contributed by atoms with van der Waals surface area (Å²) in [5, 5.41) is 5.87. The van der Waals surface area contributed by atoms with E-state index in [4.69, 9.17) is 0 Å². The van der Waals surface area contributed by atoms with Crippen LogP contribution in [0.4, 0.5) is 5.69 Å². The van der Waals surface area contributed by atoms with Gasteiger partial charge in [-0.25, -0.2) is 0 Å². The molecule has 0 radical (unpaired) electrons. The molecule has 0 atom stereocenters. The van der Waals surface area contributed by atoms with Gasteiger partial charge >= 0.3 is 0 Å². The van der Waals surface area contributed by atoms with E-state index >= 15 is 0 Å². The maximum absolute atomic E-state index is 11.5. The standard InChI is InChI=1S/C11H15BrN2O/c1-8(2)13-7-11(15)14-10-6-4-3-5-9(10)12/h3-6,8,13H,7H2,1-2H3,(H,14,15). The van der Waals surface area contributed by atoms with Crippen molar-refractivity contribution in [3.63, 3.8) is 0 Å². The summed E-state index contributed by atoms with van der Waals surface area (Å²) in [7, 11) is 0. The number of carbonyl (C=O) groups is 1. The van der Waals surface area contributed by atoms with Crippen molar-refractivity contribution in [1.29, 1.82) is 0 Å². The fraction of sp³-hybridized carbons (Fsp3) is 0.364. The largest absolute Gasteiger partial charge is 0.324 e. The molecule has 15 heavy (non-hydrogen) atoms. The van der Waals surface area contributed by atoms with Gasteiger partial charge in [-0.1, -0.05) is 26.0 Å². The molecule has 0 spiro atoms. The number of rotatable bonds is 4. The molecule has 0 heterocycles. The van der Waals surface area contributed by atoms with E-state index in [1.165, 1.54) is 0 Å². The Morgan fingerprint density at radius 1 is 1.40 bits per heavy atom. The van der Waals surface area contributed by atoms with Gasteiger partial charge in [-0.2, -0.15) is 0 Å². The second kappa shape index (κ2) is 5.88. The molecule has 0 aromatic heterocycles. The summed E-state index contributed by atoms with van der Waals surface area (Å²) in [6, 6.07) is 7.86. The van der Waals surface area contributed by atoms with Gasteiger partial charge in [0.1, 0.15) is 0 Å². The zero-order chi connectivity index (χ0) is 11.3. The Morgan fingerprint density at radius 3 is 2.67 bits per heavy atom. The molecular weight excluding hydrogens is 256 g/mol. The van der Waals surface area contributed by atoms with E-state index in [-0.39, 0.29) is 5.91 Å². The van der Waals surface area contributed by atoms with E-state index in [0.717, 1.165) is 10.2 Å². The smallest absolute Gasteiger partial charge is 0.238 e. The minimum Gasteiger partial charge on any atom is -0.324 e. The molecule has 1 aromatic rings. The number of para-hydroxylation sites is 1. The Bertz CT molecular complexity index is 339. The third kappa shape index (κ3) is 4.44. The van der Waals surface area contributed by atoms with Gasteiger partial charge < -0.3 is 10.6 Å². The average Bonchev–Trinajstić information content (AvgIpc) is 2.18. The third-order valence-electron chi connectivity index (χ3n) is 1.82. The summed E-state index contributed by atoms with van der Waals surface area (Å²) in [6.45, 7) is 4.34. The number of amides is 1. The first-order valence-electron chi connectivity index (χ1n) is 4.87. The van der Waals surface area contributed by atoms with Crippen molar-refractivity contribution < 1.29 is 4.79 Å². The highest BCUT2D eigenvalue weighted by atomic mass is 79.9. The summed E-state index contributed by atoms with van der Waals surface area (Å²) in [4.78, 5) is 11.5. The summed E-state index contributed by atoms with van der Waals surface area (Å²) >= 11 is 3.37. The quantitative estimate of drug-likeness (QED) is 0.882. The van der Waals surface area contributed by atoms with Gasteiger partial charge in [-0.3, -0.25) is 4.79 Å². The molecule has 0 aliphatic heterocycles. The summed E-state index contributed by atoms with van der Waals surface area (Å²) < 4.78 is 0.892. The lowest BCUT2D eigenvalue weighted by molar-refractivity contribution is -0.115. The van der Waals surface area contributed by atoms with Crippen LogP contribution in [0, 0.1) is 0 Å². The Hall–Kier alpha value is -0.870. The molecule has 4 heteroatoms. The summed E-state index contributed by atoms with van der Waals surface area (Å²) in [6.07, 6.45) is 0. The van der Waals surface area contributed by atoms with Crippen molar-refractivity contribution in [3.8, 4) is 0 Å². The lowest BCUT2D eigenvalue weighted by Crippen LogP contribution is -2.32. The molecule has 0 aliphatic carbocycles. The number of benzene rings is 1. The molecule has 0 saturated heterocycles. The van der Waals surface area contributed by atoms with E-state index in [1.807, 2.05) is 38.1 Å². The molecule has 0 bridgehead atoms. The molecule has 0 aliphatic rings. The second-order valence-corrected chi connectivity index (χ2v) is 4.42. The molecular formula is C11H15BrN2O. The Balaban J connectivity index is 2.48. The van der Waals surface area contributed by atoms with E-state index in [9.17, 15) is 4.79 Å². The van der Waals surface area contributed by atoms with Crippen molar-refractivity contribution in [1.82, 2.24) is 5.32 Å². The van der Waals surface area contributed by atoms with Crippen LogP contribution in [0.2, 0.25) is 0 Å². The van der Waals surface area contributed by atoms with E-state index in [1.54, 1.807) is 0 Å². The van der Waals surface area contributed by atoms with Gasteiger partial charge in [-0.15, -0.1) is 0 Å². The van der Waals surface area contributed by atoms with Crippen LogP contribution in [-0.2, 0) is 4.79 Å².